The second kappa shape index (κ2) is 8.73. The fraction of sp³-hybridized carbons (Fsp3) is 0.529. The summed E-state index contributed by atoms with van der Waals surface area (Å²) in [6.45, 7) is 7.31. The third kappa shape index (κ3) is 7.03. The molecule has 1 unspecified atom stereocenters. The summed E-state index contributed by atoms with van der Waals surface area (Å²) in [6.07, 6.45) is -4.18. The van der Waals surface area contributed by atoms with Gasteiger partial charge >= 0.3 is 6.18 Å². The van der Waals surface area contributed by atoms with Crippen LogP contribution in [0.3, 0.4) is 0 Å². The van der Waals surface area contributed by atoms with Gasteiger partial charge in [-0.05, 0) is 30.0 Å². The molecule has 0 aliphatic rings. The molecule has 5 nitrogen and oxygen atoms in total. The summed E-state index contributed by atoms with van der Waals surface area (Å²) >= 11 is 0. The van der Waals surface area contributed by atoms with E-state index in [-0.39, 0.29) is 29.9 Å². The maximum atomic E-state index is 12.7. The molecule has 0 bridgehead atoms. The molecule has 8 heteroatoms. The summed E-state index contributed by atoms with van der Waals surface area (Å²) in [5, 5.41) is 2.65. The highest BCUT2D eigenvalue weighted by Crippen LogP contribution is 2.30. The van der Waals surface area contributed by atoms with Gasteiger partial charge in [0, 0.05) is 6.42 Å². The topological polar surface area (TPSA) is 70.2 Å². The smallest absolute Gasteiger partial charge is 0.344 e. The average molecular weight is 359 g/mol. The lowest BCUT2D eigenvalue weighted by Gasteiger charge is -2.22. The molecule has 0 saturated heterocycles. The van der Waals surface area contributed by atoms with Crippen LogP contribution in [-0.4, -0.2) is 17.9 Å². The molecule has 0 aliphatic heterocycles. The summed E-state index contributed by atoms with van der Waals surface area (Å²) in [5.41, 5.74) is 4.08. The summed E-state index contributed by atoms with van der Waals surface area (Å²) in [7, 11) is 0. The number of benzene rings is 1. The third-order valence-electron chi connectivity index (χ3n) is 3.38. The monoisotopic (exact) mass is 359 g/mol. The van der Waals surface area contributed by atoms with Gasteiger partial charge in [0.25, 0.3) is 5.91 Å². The third-order valence-corrected chi connectivity index (χ3v) is 3.38. The quantitative estimate of drug-likeness (QED) is 0.654. The van der Waals surface area contributed by atoms with Gasteiger partial charge in [0.15, 0.2) is 0 Å². The highest BCUT2D eigenvalue weighted by atomic mass is 19.4. The highest BCUT2D eigenvalue weighted by molar-refractivity contribution is 5.88. The van der Waals surface area contributed by atoms with Crippen LogP contribution in [0.1, 0.15) is 39.7 Å². The molecule has 0 spiro atoms. The second-order valence-corrected chi connectivity index (χ2v) is 6.58. The van der Waals surface area contributed by atoms with Gasteiger partial charge in [0.2, 0.25) is 5.91 Å². The lowest BCUT2D eigenvalue weighted by atomic mass is 10.0. The van der Waals surface area contributed by atoms with Crippen LogP contribution in [0.25, 0.3) is 0 Å². The number of halogens is 3. The Morgan fingerprint density at radius 2 is 1.76 bits per heavy atom. The Bertz CT molecular complexity index is 601. The van der Waals surface area contributed by atoms with Gasteiger partial charge in [0.05, 0.1) is 11.3 Å². The van der Waals surface area contributed by atoms with E-state index in [4.69, 9.17) is 0 Å². The number of rotatable bonds is 7. The molecule has 0 aliphatic carbocycles. The Hall–Kier alpha value is -2.25. The zero-order valence-corrected chi connectivity index (χ0v) is 14.7. The minimum atomic E-state index is -4.47. The number of amides is 2. The van der Waals surface area contributed by atoms with Crippen LogP contribution in [0, 0.1) is 11.8 Å². The number of carbonyl (C=O) groups excluding carboxylic acids is 2. The Kier molecular flexibility index (Phi) is 7.26. The van der Waals surface area contributed by atoms with Crippen molar-refractivity contribution >= 4 is 17.5 Å². The minimum absolute atomic E-state index is 0.0965. The van der Waals surface area contributed by atoms with E-state index in [0.717, 1.165) is 12.1 Å². The Morgan fingerprint density at radius 3 is 2.28 bits per heavy atom. The van der Waals surface area contributed by atoms with Crippen molar-refractivity contribution in [3.05, 3.63) is 29.8 Å². The van der Waals surface area contributed by atoms with Gasteiger partial charge in [-0.2, -0.15) is 13.2 Å². The molecule has 0 heterocycles. The molecular weight excluding hydrogens is 335 g/mol. The molecule has 25 heavy (non-hydrogen) atoms. The van der Waals surface area contributed by atoms with Crippen molar-refractivity contribution in [2.24, 2.45) is 11.8 Å². The predicted octanol–water partition coefficient (Wildman–Crippen LogP) is 3.34. The lowest BCUT2D eigenvalue weighted by Crippen LogP contribution is -2.51. The van der Waals surface area contributed by atoms with Crippen LogP contribution in [0.5, 0.6) is 0 Å². The maximum Gasteiger partial charge on any atom is 0.416 e. The van der Waals surface area contributed by atoms with E-state index < -0.39 is 23.7 Å². The van der Waals surface area contributed by atoms with Crippen molar-refractivity contribution in [3.8, 4) is 0 Å². The first-order chi connectivity index (χ1) is 11.5. The van der Waals surface area contributed by atoms with Crippen molar-refractivity contribution in [3.63, 3.8) is 0 Å². The van der Waals surface area contributed by atoms with Crippen molar-refractivity contribution < 1.29 is 22.8 Å². The first-order valence-electron chi connectivity index (χ1n) is 8.03. The van der Waals surface area contributed by atoms with Crippen LogP contribution >= 0.6 is 0 Å². The molecule has 140 valence electrons. The molecule has 0 aromatic heterocycles. The summed E-state index contributed by atoms with van der Waals surface area (Å²) in [5.74, 6) is -0.800. The van der Waals surface area contributed by atoms with Gasteiger partial charge in [-0.1, -0.05) is 33.8 Å². The molecule has 2 amide bonds. The van der Waals surface area contributed by atoms with Crippen LogP contribution < -0.4 is 16.2 Å². The summed E-state index contributed by atoms with van der Waals surface area (Å²) in [4.78, 5) is 24.1. The largest absolute Gasteiger partial charge is 0.416 e. The maximum absolute atomic E-state index is 12.7. The standard InChI is InChI=1S/C17H24F3N3O2/c1-10(2)8-14(24)21-15(11(3)4)16(25)23-22-13-7-5-6-12(9-13)17(18,19)20/h5-7,9-11,15,22H,8H2,1-4H3,(H,21,24)(H,23,25). The van der Waals surface area contributed by atoms with E-state index in [0.29, 0.717) is 0 Å². The Labute approximate surface area is 145 Å². The normalized spacial score (nSPS) is 12.8. The van der Waals surface area contributed by atoms with E-state index in [1.165, 1.54) is 12.1 Å². The summed E-state index contributed by atoms with van der Waals surface area (Å²) in [6, 6.07) is 3.68. The fourth-order valence-electron chi connectivity index (χ4n) is 2.12. The van der Waals surface area contributed by atoms with E-state index in [1.54, 1.807) is 13.8 Å². The van der Waals surface area contributed by atoms with Gasteiger partial charge in [0.1, 0.15) is 6.04 Å². The number of anilines is 1. The summed E-state index contributed by atoms with van der Waals surface area (Å²) < 4.78 is 38.1. The molecular formula is C17H24F3N3O2. The molecule has 1 aromatic rings. The number of hydrogen-bond acceptors (Lipinski definition) is 3. The molecule has 1 rings (SSSR count). The predicted molar refractivity (Wildman–Crippen MR) is 89.4 cm³/mol. The molecule has 3 N–H and O–H groups in total. The SMILES string of the molecule is CC(C)CC(=O)NC(C(=O)NNc1cccc(C(F)(F)F)c1)C(C)C. The average Bonchev–Trinajstić information content (AvgIpc) is 2.48. The number of nitrogens with one attached hydrogen (secondary N) is 3. The van der Waals surface area contributed by atoms with E-state index >= 15 is 0 Å². The van der Waals surface area contributed by atoms with E-state index in [9.17, 15) is 22.8 Å². The lowest BCUT2D eigenvalue weighted by molar-refractivity contribution is -0.137. The highest BCUT2D eigenvalue weighted by Gasteiger charge is 2.30. The van der Waals surface area contributed by atoms with Crippen molar-refractivity contribution in [2.45, 2.75) is 46.3 Å². The number of alkyl halides is 3. The molecule has 1 atom stereocenters. The fourth-order valence-corrected chi connectivity index (χ4v) is 2.12. The zero-order valence-electron chi connectivity index (χ0n) is 14.7. The number of hydrazine groups is 1. The van der Waals surface area contributed by atoms with Crippen LogP contribution in [0.15, 0.2) is 24.3 Å². The van der Waals surface area contributed by atoms with Gasteiger partial charge in [-0.3, -0.25) is 20.4 Å². The van der Waals surface area contributed by atoms with Crippen molar-refractivity contribution in [2.75, 3.05) is 5.43 Å². The Balaban J connectivity index is 2.71. The number of carbonyl (C=O) groups is 2. The molecule has 0 saturated carbocycles. The van der Waals surface area contributed by atoms with Crippen LogP contribution in [0.4, 0.5) is 18.9 Å². The van der Waals surface area contributed by atoms with E-state index in [2.05, 4.69) is 16.2 Å². The van der Waals surface area contributed by atoms with Crippen molar-refractivity contribution in [1.29, 1.82) is 0 Å². The molecule has 1 aromatic carbocycles. The van der Waals surface area contributed by atoms with Crippen LogP contribution in [-0.2, 0) is 15.8 Å². The Morgan fingerprint density at radius 1 is 1.12 bits per heavy atom. The number of hydrogen-bond donors (Lipinski definition) is 3. The van der Waals surface area contributed by atoms with E-state index in [1.807, 2.05) is 13.8 Å². The zero-order chi connectivity index (χ0) is 19.2. The second-order valence-electron chi connectivity index (χ2n) is 6.58. The van der Waals surface area contributed by atoms with Crippen molar-refractivity contribution in [1.82, 2.24) is 10.7 Å². The van der Waals surface area contributed by atoms with Gasteiger partial charge < -0.3 is 5.32 Å². The minimum Gasteiger partial charge on any atom is -0.344 e. The first kappa shape index (κ1) is 20.8. The first-order valence-corrected chi connectivity index (χ1v) is 8.03. The molecule has 0 fully saturated rings. The van der Waals surface area contributed by atoms with Gasteiger partial charge in [-0.15, -0.1) is 0 Å². The van der Waals surface area contributed by atoms with Gasteiger partial charge in [-0.25, -0.2) is 0 Å². The van der Waals surface area contributed by atoms with Crippen LogP contribution in [0.2, 0.25) is 0 Å². The molecule has 0 radical (unpaired) electrons.